The van der Waals surface area contributed by atoms with Crippen molar-refractivity contribution in [1.82, 2.24) is 0 Å². The summed E-state index contributed by atoms with van der Waals surface area (Å²) in [5.41, 5.74) is 0.862. The zero-order valence-electron chi connectivity index (χ0n) is 6.42. The van der Waals surface area contributed by atoms with Crippen LogP contribution >= 0.6 is 46.0 Å². The van der Waals surface area contributed by atoms with E-state index in [1.165, 1.54) is 0 Å². The van der Waals surface area contributed by atoms with Gasteiger partial charge in [0, 0.05) is 4.90 Å². The highest BCUT2D eigenvalue weighted by atomic mass is 127. The maximum absolute atomic E-state index is 5.96. The van der Waals surface area contributed by atoms with E-state index in [2.05, 4.69) is 27.6 Å². The van der Waals surface area contributed by atoms with Crippen LogP contribution in [0.15, 0.2) is 28.1 Å². The number of hydrogen-bond acceptors (Lipinski definition) is 2. The SMILES string of the molecule is CSc1cccc(Cl)c1/N=C/I. The Morgan fingerprint density at radius 2 is 2.33 bits per heavy atom. The number of aliphatic imine (C=N–C) groups is 1. The molecule has 64 valence electrons. The van der Waals surface area contributed by atoms with Gasteiger partial charge in [-0.15, -0.1) is 11.8 Å². The van der Waals surface area contributed by atoms with Crippen LogP contribution in [0.2, 0.25) is 5.02 Å². The topological polar surface area (TPSA) is 12.4 Å². The molecule has 0 fully saturated rings. The second-order valence-corrected chi connectivity index (χ2v) is 3.83. The van der Waals surface area contributed by atoms with Crippen molar-refractivity contribution in [1.29, 1.82) is 0 Å². The fourth-order valence-corrected chi connectivity index (χ4v) is 1.96. The average Bonchev–Trinajstić information content (AvgIpc) is 2.09. The summed E-state index contributed by atoms with van der Waals surface area (Å²) in [5.74, 6) is 0. The third-order valence-corrected chi connectivity index (χ3v) is 2.70. The van der Waals surface area contributed by atoms with Gasteiger partial charge in [0.1, 0.15) is 0 Å². The third kappa shape index (κ3) is 2.37. The summed E-state index contributed by atoms with van der Waals surface area (Å²) in [7, 11) is 0. The molecule has 1 aromatic rings. The van der Waals surface area contributed by atoms with Gasteiger partial charge >= 0.3 is 0 Å². The van der Waals surface area contributed by atoms with Gasteiger partial charge in [0.2, 0.25) is 0 Å². The molecule has 0 amide bonds. The maximum atomic E-state index is 5.96. The summed E-state index contributed by atoms with van der Waals surface area (Å²) in [6.45, 7) is 0. The van der Waals surface area contributed by atoms with Crippen LogP contribution in [0, 0.1) is 0 Å². The highest BCUT2D eigenvalue weighted by Crippen LogP contribution is 2.34. The van der Waals surface area contributed by atoms with Crippen LogP contribution in [-0.2, 0) is 0 Å². The molecule has 0 aliphatic carbocycles. The molecule has 0 aliphatic heterocycles. The van der Waals surface area contributed by atoms with Crippen molar-refractivity contribution in [3.63, 3.8) is 0 Å². The molecule has 0 saturated heterocycles. The molecule has 0 N–H and O–H groups in total. The monoisotopic (exact) mass is 311 g/mol. The van der Waals surface area contributed by atoms with E-state index in [4.69, 9.17) is 11.6 Å². The smallest absolute Gasteiger partial charge is 0.0956 e. The van der Waals surface area contributed by atoms with Crippen LogP contribution in [0.1, 0.15) is 0 Å². The number of halogens is 2. The van der Waals surface area contributed by atoms with Crippen LogP contribution in [0.5, 0.6) is 0 Å². The van der Waals surface area contributed by atoms with Gasteiger partial charge in [0.15, 0.2) is 0 Å². The number of rotatable bonds is 2. The maximum Gasteiger partial charge on any atom is 0.0956 e. The van der Waals surface area contributed by atoms with Gasteiger partial charge in [-0.1, -0.05) is 17.7 Å². The first-order valence-electron chi connectivity index (χ1n) is 3.25. The van der Waals surface area contributed by atoms with Gasteiger partial charge in [-0.25, -0.2) is 4.99 Å². The molecular weight excluding hydrogens is 305 g/mol. The summed E-state index contributed by atoms with van der Waals surface area (Å²) < 4.78 is 1.72. The van der Waals surface area contributed by atoms with Crippen LogP contribution in [0.4, 0.5) is 5.69 Å². The average molecular weight is 312 g/mol. The van der Waals surface area contributed by atoms with Crippen molar-refractivity contribution in [2.24, 2.45) is 4.99 Å². The van der Waals surface area contributed by atoms with E-state index in [-0.39, 0.29) is 0 Å². The Balaban J connectivity index is 3.19. The number of para-hydroxylation sites is 1. The highest BCUT2D eigenvalue weighted by Gasteiger charge is 2.02. The van der Waals surface area contributed by atoms with E-state index in [0.717, 1.165) is 10.6 Å². The van der Waals surface area contributed by atoms with E-state index in [9.17, 15) is 0 Å². The van der Waals surface area contributed by atoms with Crippen molar-refractivity contribution < 1.29 is 0 Å². The summed E-state index contributed by atoms with van der Waals surface area (Å²) >= 11 is 9.69. The van der Waals surface area contributed by atoms with Gasteiger partial charge in [0.25, 0.3) is 0 Å². The predicted molar refractivity (Wildman–Crippen MR) is 65.4 cm³/mol. The first kappa shape index (κ1) is 10.3. The molecule has 0 heterocycles. The van der Waals surface area contributed by atoms with Crippen LogP contribution < -0.4 is 0 Å². The minimum Gasteiger partial charge on any atom is -0.248 e. The van der Waals surface area contributed by atoms with E-state index in [0.29, 0.717) is 5.02 Å². The van der Waals surface area contributed by atoms with Crippen molar-refractivity contribution in [3.8, 4) is 0 Å². The molecule has 1 aromatic carbocycles. The minimum atomic E-state index is 0.703. The molecule has 1 rings (SSSR count). The molecular formula is C8H7ClINS. The van der Waals surface area contributed by atoms with Crippen LogP contribution in [0.25, 0.3) is 0 Å². The van der Waals surface area contributed by atoms with E-state index in [1.807, 2.05) is 24.5 Å². The van der Waals surface area contributed by atoms with Gasteiger partial charge in [-0.2, -0.15) is 0 Å². The fourth-order valence-electron chi connectivity index (χ4n) is 0.834. The Morgan fingerprint density at radius 1 is 1.58 bits per heavy atom. The fraction of sp³-hybridized carbons (Fsp3) is 0.125. The molecule has 0 spiro atoms. The first-order valence-corrected chi connectivity index (χ1v) is 6.09. The van der Waals surface area contributed by atoms with Crippen molar-refractivity contribution >= 4 is 55.9 Å². The lowest BCUT2D eigenvalue weighted by Crippen LogP contribution is -1.73. The number of hydrogen-bond donors (Lipinski definition) is 0. The van der Waals surface area contributed by atoms with Crippen LogP contribution in [0.3, 0.4) is 0 Å². The molecule has 4 heteroatoms. The Labute approximate surface area is 94.7 Å². The third-order valence-electron chi connectivity index (χ3n) is 1.35. The molecule has 12 heavy (non-hydrogen) atoms. The first-order chi connectivity index (χ1) is 5.79. The lowest BCUT2D eigenvalue weighted by Gasteiger charge is -2.02. The Hall–Kier alpha value is 0.260. The van der Waals surface area contributed by atoms with Crippen molar-refractivity contribution in [2.75, 3.05) is 6.26 Å². The molecule has 0 aromatic heterocycles. The molecule has 1 nitrogen and oxygen atoms in total. The molecule has 0 bridgehead atoms. The zero-order valence-corrected chi connectivity index (χ0v) is 10.2. The molecule has 0 atom stereocenters. The Morgan fingerprint density at radius 3 is 2.92 bits per heavy atom. The highest BCUT2D eigenvalue weighted by molar-refractivity contribution is 14.1. The van der Waals surface area contributed by atoms with Gasteiger partial charge in [0.05, 0.1) is 14.9 Å². The lowest BCUT2D eigenvalue weighted by atomic mass is 10.3. The van der Waals surface area contributed by atoms with Crippen molar-refractivity contribution in [3.05, 3.63) is 23.2 Å². The van der Waals surface area contributed by atoms with Crippen LogP contribution in [-0.4, -0.2) is 10.5 Å². The summed E-state index contributed by atoms with van der Waals surface area (Å²) in [6, 6.07) is 5.79. The molecule has 0 radical (unpaired) electrons. The van der Waals surface area contributed by atoms with Gasteiger partial charge in [-0.3, -0.25) is 0 Å². The standard InChI is InChI=1S/C8H7ClINS/c1-12-7-4-2-3-6(9)8(7)11-5-10/h2-5H,1H3/b11-5+. The van der Waals surface area contributed by atoms with Gasteiger partial charge < -0.3 is 0 Å². The number of nitrogens with zero attached hydrogens (tertiary/aromatic N) is 1. The summed E-state index contributed by atoms with van der Waals surface area (Å²) in [5, 5.41) is 0.703. The largest absolute Gasteiger partial charge is 0.248 e. The Kier molecular flexibility index (Phi) is 4.39. The number of benzene rings is 1. The zero-order chi connectivity index (χ0) is 8.97. The van der Waals surface area contributed by atoms with E-state index < -0.39 is 0 Å². The van der Waals surface area contributed by atoms with E-state index in [1.54, 1.807) is 16.0 Å². The second kappa shape index (κ2) is 5.09. The minimum absolute atomic E-state index is 0.703. The van der Waals surface area contributed by atoms with Crippen molar-refractivity contribution in [2.45, 2.75) is 4.90 Å². The molecule has 0 unspecified atom stereocenters. The second-order valence-electron chi connectivity index (χ2n) is 2.02. The Bertz CT molecular complexity index is 301. The van der Waals surface area contributed by atoms with E-state index >= 15 is 0 Å². The normalized spacial score (nSPS) is 10.9. The molecule has 0 aliphatic rings. The van der Waals surface area contributed by atoms with Gasteiger partial charge in [-0.05, 0) is 41.0 Å². The predicted octanol–water partition coefficient (Wildman–Crippen LogP) is 4.16. The number of thioether (sulfide) groups is 1. The summed E-state index contributed by atoms with van der Waals surface area (Å²) in [6.07, 6.45) is 2.01. The summed E-state index contributed by atoms with van der Waals surface area (Å²) in [4.78, 5) is 5.29. The quantitative estimate of drug-likeness (QED) is 0.454. The molecule has 0 saturated carbocycles. The lowest BCUT2D eigenvalue weighted by molar-refractivity contribution is 1.39.